The van der Waals surface area contributed by atoms with Gasteiger partial charge < -0.3 is 19.9 Å². The third-order valence-electron chi connectivity index (χ3n) is 5.42. The van der Waals surface area contributed by atoms with Gasteiger partial charge in [0.25, 0.3) is 0 Å². The van der Waals surface area contributed by atoms with Crippen molar-refractivity contribution in [1.82, 2.24) is 15.1 Å². The Kier molecular flexibility index (Phi) is 5.63. The number of rotatable bonds is 3. The van der Waals surface area contributed by atoms with Crippen LogP contribution >= 0.6 is 11.6 Å². The van der Waals surface area contributed by atoms with Crippen molar-refractivity contribution in [2.75, 3.05) is 19.6 Å². The smallest absolute Gasteiger partial charge is 0.410 e. The summed E-state index contributed by atoms with van der Waals surface area (Å²) in [4.78, 5) is 41.2. The summed E-state index contributed by atoms with van der Waals surface area (Å²) in [5.41, 5.74) is 1.98. The maximum absolute atomic E-state index is 12.9. The van der Waals surface area contributed by atoms with Crippen LogP contribution in [0.25, 0.3) is 0 Å². The zero-order valence-corrected chi connectivity index (χ0v) is 17.3. The van der Waals surface area contributed by atoms with Gasteiger partial charge in [-0.3, -0.25) is 9.59 Å². The molecule has 8 heteroatoms. The summed E-state index contributed by atoms with van der Waals surface area (Å²) in [5.74, 6) is 0.0442. The second kappa shape index (κ2) is 8.36. The third-order valence-corrected chi connectivity index (χ3v) is 5.67. The Labute approximate surface area is 179 Å². The molecule has 0 bridgehead atoms. The van der Waals surface area contributed by atoms with E-state index in [9.17, 15) is 14.4 Å². The van der Waals surface area contributed by atoms with E-state index >= 15 is 0 Å². The Morgan fingerprint density at radius 2 is 1.80 bits per heavy atom. The molecule has 2 heterocycles. The van der Waals surface area contributed by atoms with Gasteiger partial charge >= 0.3 is 6.09 Å². The molecule has 0 saturated carbocycles. The second-order valence-corrected chi connectivity index (χ2v) is 8.00. The molecule has 30 heavy (non-hydrogen) atoms. The number of carbonyl (C=O) groups excluding carboxylic acids is 3. The lowest BCUT2D eigenvalue weighted by atomic mass is 9.99. The van der Waals surface area contributed by atoms with Crippen LogP contribution in [0.5, 0.6) is 5.75 Å². The average molecular weight is 428 g/mol. The lowest BCUT2D eigenvalue weighted by Crippen LogP contribution is -2.70. The number of ether oxygens (including phenoxy) is 1. The molecule has 0 aliphatic carbocycles. The molecular weight excluding hydrogens is 406 g/mol. The van der Waals surface area contributed by atoms with Crippen LogP contribution in [0.15, 0.2) is 48.5 Å². The van der Waals surface area contributed by atoms with Crippen LogP contribution in [0, 0.1) is 6.92 Å². The number of amides is 3. The van der Waals surface area contributed by atoms with E-state index in [1.54, 1.807) is 29.2 Å². The van der Waals surface area contributed by atoms with Crippen LogP contribution in [0.2, 0.25) is 5.02 Å². The Morgan fingerprint density at radius 3 is 2.50 bits per heavy atom. The van der Waals surface area contributed by atoms with E-state index in [0.717, 1.165) is 11.1 Å². The van der Waals surface area contributed by atoms with E-state index in [1.165, 1.54) is 4.90 Å². The van der Waals surface area contributed by atoms with E-state index < -0.39 is 18.2 Å². The average Bonchev–Trinajstić information content (AvgIpc) is 2.74. The van der Waals surface area contributed by atoms with E-state index in [1.807, 2.05) is 31.2 Å². The minimum atomic E-state index is -0.710. The highest BCUT2D eigenvalue weighted by Crippen LogP contribution is 2.21. The third kappa shape index (κ3) is 4.26. The fourth-order valence-corrected chi connectivity index (χ4v) is 3.86. The van der Waals surface area contributed by atoms with Gasteiger partial charge in [0.2, 0.25) is 11.8 Å². The number of carbonyl (C=O) groups is 3. The fourth-order valence-electron chi connectivity index (χ4n) is 3.73. The number of nitrogens with zero attached hydrogens (tertiary/aromatic N) is 2. The summed E-state index contributed by atoms with van der Waals surface area (Å²) >= 11 is 5.91. The number of benzene rings is 2. The van der Waals surface area contributed by atoms with Gasteiger partial charge in [0.05, 0.1) is 6.54 Å². The highest BCUT2D eigenvalue weighted by molar-refractivity contribution is 6.30. The molecule has 2 aliphatic heterocycles. The van der Waals surface area contributed by atoms with Crippen molar-refractivity contribution < 1.29 is 19.1 Å². The van der Waals surface area contributed by atoms with Gasteiger partial charge in [-0.1, -0.05) is 41.4 Å². The van der Waals surface area contributed by atoms with Gasteiger partial charge in [0.15, 0.2) is 0 Å². The summed E-state index contributed by atoms with van der Waals surface area (Å²) < 4.78 is 5.40. The Morgan fingerprint density at radius 1 is 1.10 bits per heavy atom. The van der Waals surface area contributed by atoms with Gasteiger partial charge in [-0.25, -0.2) is 4.79 Å². The monoisotopic (exact) mass is 427 g/mol. The first kappa shape index (κ1) is 20.2. The molecule has 0 unspecified atom stereocenters. The van der Waals surface area contributed by atoms with E-state index in [0.29, 0.717) is 23.7 Å². The first-order valence-electron chi connectivity index (χ1n) is 9.79. The molecule has 2 saturated heterocycles. The predicted molar refractivity (Wildman–Crippen MR) is 111 cm³/mol. The minimum Gasteiger partial charge on any atom is -0.410 e. The van der Waals surface area contributed by atoms with Crippen LogP contribution in [-0.2, 0) is 16.0 Å². The normalized spacial score (nSPS) is 21.1. The van der Waals surface area contributed by atoms with E-state index in [4.69, 9.17) is 16.3 Å². The van der Waals surface area contributed by atoms with Gasteiger partial charge in [0.1, 0.15) is 17.8 Å². The quantitative estimate of drug-likeness (QED) is 0.815. The molecule has 4 rings (SSSR count). The van der Waals surface area contributed by atoms with Crippen molar-refractivity contribution in [3.8, 4) is 5.75 Å². The summed E-state index contributed by atoms with van der Waals surface area (Å²) in [7, 11) is 0. The molecule has 0 aromatic heterocycles. The van der Waals surface area contributed by atoms with E-state index in [2.05, 4.69) is 5.32 Å². The van der Waals surface area contributed by atoms with Gasteiger partial charge in [-0.15, -0.1) is 0 Å². The summed E-state index contributed by atoms with van der Waals surface area (Å²) in [6, 6.07) is 13.0. The predicted octanol–water partition coefficient (Wildman–Crippen LogP) is 2.40. The van der Waals surface area contributed by atoms with Crippen LogP contribution in [0.3, 0.4) is 0 Å². The molecular formula is C22H22ClN3O4. The molecule has 2 aromatic carbocycles. The summed E-state index contributed by atoms with van der Waals surface area (Å²) in [6.07, 6.45) is -0.133. The molecule has 2 fully saturated rings. The van der Waals surface area contributed by atoms with Gasteiger partial charge in [0, 0.05) is 24.5 Å². The number of fused-ring (bicyclic) bond motifs is 1. The van der Waals surface area contributed by atoms with Crippen molar-refractivity contribution in [2.24, 2.45) is 0 Å². The van der Waals surface area contributed by atoms with Crippen molar-refractivity contribution in [3.63, 3.8) is 0 Å². The number of aryl methyl sites for hydroxylation is 1. The topological polar surface area (TPSA) is 79.0 Å². The number of piperazine rings is 2. The van der Waals surface area contributed by atoms with E-state index in [-0.39, 0.29) is 24.9 Å². The lowest BCUT2D eigenvalue weighted by Gasteiger charge is -2.44. The van der Waals surface area contributed by atoms with Crippen molar-refractivity contribution >= 4 is 29.5 Å². The molecule has 2 atom stereocenters. The highest BCUT2D eigenvalue weighted by Gasteiger charge is 2.44. The number of hydrogen-bond acceptors (Lipinski definition) is 4. The number of halogens is 1. The van der Waals surface area contributed by atoms with Gasteiger partial charge in [-0.2, -0.15) is 0 Å². The molecule has 2 aromatic rings. The second-order valence-electron chi connectivity index (χ2n) is 7.57. The molecule has 3 amide bonds. The maximum atomic E-state index is 12.9. The lowest BCUT2D eigenvalue weighted by molar-refractivity contribution is -0.152. The van der Waals surface area contributed by atoms with Crippen molar-refractivity contribution in [3.05, 3.63) is 64.7 Å². The highest BCUT2D eigenvalue weighted by atomic mass is 35.5. The first-order valence-corrected chi connectivity index (χ1v) is 10.2. The Bertz CT molecular complexity index is 961. The van der Waals surface area contributed by atoms with Crippen LogP contribution in [0.4, 0.5) is 4.79 Å². The number of hydrogen-bond donors (Lipinski definition) is 1. The summed E-state index contributed by atoms with van der Waals surface area (Å²) in [5, 5.41) is 3.42. The zero-order chi connectivity index (χ0) is 21.3. The molecule has 1 N–H and O–H groups in total. The molecule has 0 radical (unpaired) electrons. The van der Waals surface area contributed by atoms with Crippen LogP contribution in [-0.4, -0.2) is 59.4 Å². The van der Waals surface area contributed by atoms with Crippen molar-refractivity contribution in [1.29, 1.82) is 0 Å². The Balaban J connectivity index is 1.39. The van der Waals surface area contributed by atoms with Crippen LogP contribution in [0.1, 0.15) is 11.1 Å². The molecule has 2 aliphatic rings. The first-order chi connectivity index (χ1) is 14.4. The molecule has 156 valence electrons. The Hall–Kier alpha value is -3.06. The fraction of sp³-hybridized carbons (Fsp3) is 0.318. The standard InChI is InChI=1S/C22H22ClN3O4/c1-14-2-8-17(9-3-14)30-22(29)25-10-11-26-19(13-25)20(27)24-18(21(26)28)12-15-4-6-16(23)7-5-15/h2-9,18-19H,10-13H2,1H3,(H,24,27)/t18-,19+/m0/s1. The van der Waals surface area contributed by atoms with Crippen molar-refractivity contribution in [2.45, 2.75) is 25.4 Å². The summed E-state index contributed by atoms with van der Waals surface area (Å²) in [6.45, 7) is 2.66. The zero-order valence-electron chi connectivity index (χ0n) is 16.5. The minimum absolute atomic E-state index is 0.107. The molecule has 0 spiro atoms. The SMILES string of the molecule is Cc1ccc(OC(=O)N2CCN3C(=O)[C@H](Cc4ccc(Cl)cc4)NC(=O)[C@H]3C2)cc1. The van der Waals surface area contributed by atoms with Crippen LogP contribution < -0.4 is 10.1 Å². The number of nitrogens with one attached hydrogen (secondary N) is 1. The van der Waals surface area contributed by atoms with Gasteiger partial charge in [-0.05, 0) is 36.8 Å². The largest absolute Gasteiger partial charge is 0.415 e. The maximum Gasteiger partial charge on any atom is 0.415 e. The molecule has 7 nitrogen and oxygen atoms in total.